The molecule has 0 aromatic heterocycles. The average Bonchev–Trinajstić information content (AvgIpc) is 2.47. The van der Waals surface area contributed by atoms with E-state index in [1.54, 1.807) is 0 Å². The maximum atomic E-state index is 13.2. The van der Waals surface area contributed by atoms with Crippen molar-refractivity contribution in [2.75, 3.05) is 0 Å². The molecule has 0 atom stereocenters. The van der Waals surface area contributed by atoms with Gasteiger partial charge in [0.15, 0.2) is 5.78 Å². The number of hydrogen-bond donors (Lipinski definition) is 2. The second kappa shape index (κ2) is 3.18. The molecule has 14 heavy (non-hydrogen) atoms. The van der Waals surface area contributed by atoms with E-state index in [-0.39, 0.29) is 11.2 Å². The summed E-state index contributed by atoms with van der Waals surface area (Å²) in [5.41, 5.74) is 0.688. The summed E-state index contributed by atoms with van der Waals surface area (Å²) in [5, 5.41) is 17.9. The Morgan fingerprint density at radius 2 is 2.00 bits per heavy atom. The molecule has 2 rings (SSSR count). The first-order chi connectivity index (χ1) is 6.61. The van der Waals surface area contributed by atoms with E-state index in [0.29, 0.717) is 24.0 Å². The fourth-order valence-corrected chi connectivity index (χ4v) is 1.82. The quantitative estimate of drug-likeness (QED) is 0.600. The minimum absolute atomic E-state index is 0.0677. The molecule has 5 heteroatoms. The molecule has 0 spiro atoms. The maximum Gasteiger partial charge on any atom is 0.491 e. The van der Waals surface area contributed by atoms with Gasteiger partial charge in [0.25, 0.3) is 0 Å². The third-order valence-electron chi connectivity index (χ3n) is 2.46. The first kappa shape index (κ1) is 9.36. The van der Waals surface area contributed by atoms with Gasteiger partial charge in [0.1, 0.15) is 5.82 Å². The number of benzene rings is 1. The van der Waals surface area contributed by atoms with E-state index >= 15 is 0 Å². The predicted molar refractivity (Wildman–Crippen MR) is 48.9 cm³/mol. The second-order valence-electron chi connectivity index (χ2n) is 3.28. The van der Waals surface area contributed by atoms with E-state index in [1.165, 1.54) is 6.07 Å². The van der Waals surface area contributed by atoms with Gasteiger partial charge in [-0.25, -0.2) is 4.39 Å². The Bertz CT molecular complexity index is 403. The van der Waals surface area contributed by atoms with Crippen LogP contribution < -0.4 is 5.46 Å². The van der Waals surface area contributed by atoms with E-state index in [9.17, 15) is 9.18 Å². The molecule has 0 radical (unpaired) electrons. The summed E-state index contributed by atoms with van der Waals surface area (Å²) in [7, 11) is -1.85. The molecule has 0 amide bonds. The molecular weight excluding hydrogens is 186 g/mol. The van der Waals surface area contributed by atoms with Crippen LogP contribution in [0.25, 0.3) is 0 Å². The van der Waals surface area contributed by atoms with Crippen LogP contribution in [0.2, 0.25) is 0 Å². The molecule has 0 heterocycles. The summed E-state index contributed by atoms with van der Waals surface area (Å²) >= 11 is 0. The lowest BCUT2D eigenvalue weighted by Crippen LogP contribution is -2.36. The van der Waals surface area contributed by atoms with Crippen molar-refractivity contribution in [1.82, 2.24) is 0 Å². The maximum absolute atomic E-state index is 13.2. The van der Waals surface area contributed by atoms with Crippen molar-refractivity contribution < 1.29 is 19.2 Å². The Hall–Kier alpha value is -1.20. The van der Waals surface area contributed by atoms with E-state index in [1.807, 2.05) is 0 Å². The van der Waals surface area contributed by atoms with E-state index < -0.39 is 12.9 Å². The molecule has 1 aromatic carbocycles. The Labute approximate surface area is 80.3 Å². The molecule has 0 fully saturated rings. The SMILES string of the molecule is O=C1CCc2c1ccc(F)c2B(O)O. The third kappa shape index (κ3) is 1.25. The highest BCUT2D eigenvalue weighted by molar-refractivity contribution is 6.59. The van der Waals surface area contributed by atoms with Crippen molar-refractivity contribution in [1.29, 1.82) is 0 Å². The van der Waals surface area contributed by atoms with Crippen LogP contribution in [0.15, 0.2) is 12.1 Å². The highest BCUT2D eigenvalue weighted by Crippen LogP contribution is 2.21. The average molecular weight is 194 g/mol. The van der Waals surface area contributed by atoms with Crippen molar-refractivity contribution in [3.63, 3.8) is 0 Å². The number of Topliss-reactive ketones (excluding diaryl/α,β-unsaturated/α-hetero) is 1. The lowest BCUT2D eigenvalue weighted by molar-refractivity contribution is 0.0994. The fraction of sp³-hybridized carbons (Fsp3) is 0.222. The minimum Gasteiger partial charge on any atom is -0.423 e. The summed E-state index contributed by atoms with van der Waals surface area (Å²) in [6.45, 7) is 0. The summed E-state index contributed by atoms with van der Waals surface area (Å²) in [6, 6.07) is 2.49. The number of ketones is 1. The van der Waals surface area contributed by atoms with Gasteiger partial charge >= 0.3 is 7.12 Å². The van der Waals surface area contributed by atoms with Crippen molar-refractivity contribution >= 4 is 18.4 Å². The van der Waals surface area contributed by atoms with Gasteiger partial charge in [-0.05, 0) is 24.1 Å². The van der Waals surface area contributed by atoms with Gasteiger partial charge in [0, 0.05) is 17.4 Å². The molecule has 2 N–H and O–H groups in total. The Morgan fingerprint density at radius 3 is 2.64 bits per heavy atom. The summed E-state index contributed by atoms with van der Waals surface area (Å²) < 4.78 is 13.2. The Kier molecular flexibility index (Phi) is 2.13. The molecule has 0 saturated carbocycles. The van der Waals surface area contributed by atoms with Gasteiger partial charge in [0.05, 0.1) is 0 Å². The smallest absolute Gasteiger partial charge is 0.423 e. The minimum atomic E-state index is -1.85. The summed E-state index contributed by atoms with van der Waals surface area (Å²) in [6.07, 6.45) is 0.706. The van der Waals surface area contributed by atoms with Crippen LogP contribution in [0.1, 0.15) is 22.3 Å². The zero-order valence-electron chi connectivity index (χ0n) is 7.33. The predicted octanol–water partition coefficient (Wildman–Crippen LogP) is -0.366. The lowest BCUT2D eigenvalue weighted by Gasteiger charge is -2.07. The second-order valence-corrected chi connectivity index (χ2v) is 3.28. The topological polar surface area (TPSA) is 57.5 Å². The van der Waals surface area contributed by atoms with E-state index in [2.05, 4.69) is 0 Å². The zero-order chi connectivity index (χ0) is 10.3. The normalized spacial score (nSPS) is 14.4. The molecular formula is C9H8BFO3. The van der Waals surface area contributed by atoms with E-state index in [0.717, 1.165) is 6.07 Å². The van der Waals surface area contributed by atoms with Gasteiger partial charge in [-0.1, -0.05) is 0 Å². The Morgan fingerprint density at radius 1 is 1.29 bits per heavy atom. The molecule has 1 aromatic rings. The Balaban J connectivity index is 2.65. The first-order valence-electron chi connectivity index (χ1n) is 4.32. The first-order valence-corrected chi connectivity index (χ1v) is 4.32. The van der Waals surface area contributed by atoms with Crippen molar-refractivity contribution in [3.05, 3.63) is 29.1 Å². The highest BCUT2D eigenvalue weighted by atomic mass is 19.1. The lowest BCUT2D eigenvalue weighted by atomic mass is 9.75. The third-order valence-corrected chi connectivity index (χ3v) is 2.46. The molecule has 72 valence electrons. The fourth-order valence-electron chi connectivity index (χ4n) is 1.82. The van der Waals surface area contributed by atoms with Gasteiger partial charge in [-0.15, -0.1) is 0 Å². The molecule has 0 aliphatic heterocycles. The number of rotatable bonds is 1. The zero-order valence-corrected chi connectivity index (χ0v) is 7.33. The summed E-state index contributed by atoms with van der Waals surface area (Å²) in [4.78, 5) is 11.3. The van der Waals surface area contributed by atoms with Crippen molar-refractivity contribution in [2.45, 2.75) is 12.8 Å². The van der Waals surface area contributed by atoms with Crippen LogP contribution in [0, 0.1) is 5.82 Å². The summed E-state index contributed by atoms with van der Waals surface area (Å²) in [5.74, 6) is -0.740. The van der Waals surface area contributed by atoms with Gasteiger partial charge in [0.2, 0.25) is 0 Å². The van der Waals surface area contributed by atoms with Crippen molar-refractivity contribution in [3.8, 4) is 0 Å². The molecule has 3 nitrogen and oxygen atoms in total. The van der Waals surface area contributed by atoms with E-state index in [4.69, 9.17) is 10.0 Å². The number of fused-ring (bicyclic) bond motifs is 1. The standard InChI is InChI=1S/C9H8BFO3/c11-7-3-1-5-6(2-4-8(5)12)9(7)10(13)14/h1,3,13-14H,2,4H2. The van der Waals surface area contributed by atoms with Gasteiger partial charge in [-0.2, -0.15) is 0 Å². The van der Waals surface area contributed by atoms with Gasteiger partial charge in [-0.3, -0.25) is 4.79 Å². The molecule has 0 saturated heterocycles. The number of hydrogen-bond acceptors (Lipinski definition) is 3. The van der Waals surface area contributed by atoms with Gasteiger partial charge < -0.3 is 10.0 Å². The molecule has 1 aliphatic carbocycles. The van der Waals surface area contributed by atoms with Crippen LogP contribution in [-0.2, 0) is 6.42 Å². The largest absolute Gasteiger partial charge is 0.491 e. The number of carbonyl (C=O) groups excluding carboxylic acids is 1. The van der Waals surface area contributed by atoms with Crippen LogP contribution in [0.3, 0.4) is 0 Å². The van der Waals surface area contributed by atoms with Crippen LogP contribution in [-0.4, -0.2) is 22.9 Å². The molecule has 1 aliphatic rings. The molecule has 0 bridgehead atoms. The monoisotopic (exact) mass is 194 g/mol. The molecule has 0 unspecified atom stereocenters. The highest BCUT2D eigenvalue weighted by Gasteiger charge is 2.29. The van der Waals surface area contributed by atoms with Crippen molar-refractivity contribution in [2.24, 2.45) is 0 Å². The number of carbonyl (C=O) groups is 1. The van der Waals surface area contributed by atoms with Crippen LogP contribution in [0.5, 0.6) is 0 Å². The van der Waals surface area contributed by atoms with Crippen LogP contribution in [0.4, 0.5) is 4.39 Å². The number of halogens is 1. The van der Waals surface area contributed by atoms with Crippen LogP contribution >= 0.6 is 0 Å².